The molecule has 3 atom stereocenters. The molecule has 0 unspecified atom stereocenters. The van der Waals surface area contributed by atoms with Gasteiger partial charge in [0.25, 0.3) is 0 Å². The van der Waals surface area contributed by atoms with Crippen LogP contribution in [0.5, 0.6) is 0 Å². The van der Waals surface area contributed by atoms with E-state index < -0.39 is 11.7 Å². The van der Waals surface area contributed by atoms with Crippen LogP contribution in [0, 0.1) is 5.92 Å². The van der Waals surface area contributed by atoms with Crippen molar-refractivity contribution in [1.82, 2.24) is 10.3 Å². The van der Waals surface area contributed by atoms with Crippen molar-refractivity contribution in [2.45, 2.75) is 37.5 Å². The second kappa shape index (κ2) is 3.70. The molecule has 0 spiro atoms. The second-order valence-corrected chi connectivity index (χ2v) is 4.87. The molecule has 2 aliphatic rings. The Kier molecular flexibility index (Phi) is 2.40. The minimum Gasteiger partial charge on any atom is -0.306 e. The minimum absolute atomic E-state index is 0.126. The van der Waals surface area contributed by atoms with E-state index in [4.69, 9.17) is 0 Å². The van der Waals surface area contributed by atoms with Crippen LogP contribution in [0.4, 0.5) is 13.2 Å². The predicted octanol–water partition coefficient (Wildman–Crippen LogP) is 2.91. The Hall–Kier alpha value is -1.10. The van der Waals surface area contributed by atoms with Gasteiger partial charge >= 0.3 is 6.18 Å². The predicted molar refractivity (Wildman–Crippen MR) is 56.2 cm³/mol. The lowest BCUT2D eigenvalue weighted by atomic mass is 10.0. The number of fused-ring (bicyclic) bond motifs is 1. The van der Waals surface area contributed by atoms with E-state index in [9.17, 15) is 13.2 Å². The van der Waals surface area contributed by atoms with Gasteiger partial charge in [-0.15, -0.1) is 0 Å². The highest BCUT2D eigenvalue weighted by Gasteiger charge is 2.42. The van der Waals surface area contributed by atoms with E-state index in [1.807, 2.05) is 0 Å². The first-order valence-corrected chi connectivity index (χ1v) is 5.83. The summed E-state index contributed by atoms with van der Waals surface area (Å²) in [6.45, 7) is 0. The van der Waals surface area contributed by atoms with E-state index in [0.29, 0.717) is 6.04 Å². The number of nitrogens with one attached hydrogen (secondary N) is 1. The van der Waals surface area contributed by atoms with Crippen LogP contribution in [0.15, 0.2) is 18.3 Å². The van der Waals surface area contributed by atoms with Crippen LogP contribution < -0.4 is 5.32 Å². The van der Waals surface area contributed by atoms with E-state index in [-0.39, 0.29) is 6.04 Å². The summed E-state index contributed by atoms with van der Waals surface area (Å²) in [4.78, 5) is 3.94. The first-order chi connectivity index (χ1) is 8.04. The van der Waals surface area contributed by atoms with Crippen molar-refractivity contribution in [3.63, 3.8) is 0 Å². The molecule has 2 heterocycles. The summed E-state index contributed by atoms with van der Waals surface area (Å²) in [6, 6.07) is 3.30. The zero-order valence-corrected chi connectivity index (χ0v) is 9.17. The number of nitrogens with zero attached hydrogens (tertiary/aromatic N) is 1. The quantitative estimate of drug-likeness (QED) is 0.819. The lowest BCUT2D eigenvalue weighted by Gasteiger charge is -2.22. The molecular weight excluding hydrogens is 229 g/mol. The van der Waals surface area contributed by atoms with Crippen LogP contribution in [0.2, 0.25) is 0 Å². The summed E-state index contributed by atoms with van der Waals surface area (Å²) in [5.41, 5.74) is 0.0460. The molecule has 1 aromatic rings. The highest BCUT2D eigenvalue weighted by molar-refractivity contribution is 5.20. The van der Waals surface area contributed by atoms with Gasteiger partial charge in [-0.2, -0.15) is 13.2 Å². The molecule has 1 saturated carbocycles. The summed E-state index contributed by atoms with van der Waals surface area (Å²) in [7, 11) is 0. The van der Waals surface area contributed by atoms with Gasteiger partial charge in [-0.05, 0) is 37.3 Å². The van der Waals surface area contributed by atoms with E-state index in [2.05, 4.69) is 10.3 Å². The third-order valence-corrected chi connectivity index (χ3v) is 3.63. The van der Waals surface area contributed by atoms with Crippen LogP contribution in [-0.4, -0.2) is 11.0 Å². The van der Waals surface area contributed by atoms with Gasteiger partial charge in [-0.3, -0.25) is 4.98 Å². The molecule has 1 aromatic heterocycles. The molecule has 3 rings (SSSR count). The molecule has 0 aromatic carbocycles. The Morgan fingerprint density at radius 2 is 2.06 bits per heavy atom. The number of aromatic nitrogens is 1. The van der Waals surface area contributed by atoms with Gasteiger partial charge in [0.15, 0.2) is 0 Å². The fourth-order valence-electron chi connectivity index (χ4n) is 2.51. The largest absolute Gasteiger partial charge is 0.417 e. The van der Waals surface area contributed by atoms with Gasteiger partial charge in [0, 0.05) is 18.3 Å². The number of hydrogen-bond acceptors (Lipinski definition) is 2. The SMILES string of the molecule is FC(F)(F)c1ccc([C@H]2CC[C@@H]3C[C@@H]3N2)nc1. The zero-order valence-electron chi connectivity index (χ0n) is 9.17. The third kappa shape index (κ3) is 2.16. The Morgan fingerprint density at radius 1 is 1.24 bits per heavy atom. The average Bonchev–Trinajstić information content (AvgIpc) is 3.06. The first kappa shape index (κ1) is 11.0. The van der Waals surface area contributed by atoms with Gasteiger partial charge in [-0.1, -0.05) is 0 Å². The van der Waals surface area contributed by atoms with Crippen molar-refractivity contribution in [2.24, 2.45) is 5.92 Å². The fourth-order valence-corrected chi connectivity index (χ4v) is 2.51. The molecule has 92 valence electrons. The topological polar surface area (TPSA) is 24.9 Å². The summed E-state index contributed by atoms with van der Waals surface area (Å²) in [6.07, 6.45) is -0.0369. The Bertz CT molecular complexity index is 413. The van der Waals surface area contributed by atoms with Gasteiger partial charge in [0.1, 0.15) is 0 Å². The van der Waals surface area contributed by atoms with Gasteiger partial charge in [-0.25, -0.2) is 0 Å². The van der Waals surface area contributed by atoms with Gasteiger partial charge in [0.2, 0.25) is 0 Å². The Labute approximate surface area is 97.2 Å². The van der Waals surface area contributed by atoms with Crippen molar-refractivity contribution in [3.8, 4) is 0 Å². The molecule has 1 aliphatic carbocycles. The minimum atomic E-state index is -4.30. The van der Waals surface area contributed by atoms with Crippen molar-refractivity contribution in [3.05, 3.63) is 29.6 Å². The van der Waals surface area contributed by atoms with Crippen molar-refractivity contribution < 1.29 is 13.2 Å². The second-order valence-electron chi connectivity index (χ2n) is 4.87. The van der Waals surface area contributed by atoms with Crippen LogP contribution in [0.1, 0.15) is 36.6 Å². The standard InChI is InChI=1S/C12H13F3N2/c13-12(14,15)8-2-4-9(16-6-8)10-3-1-7-5-11(7)17-10/h2,4,6-7,10-11,17H,1,3,5H2/t7-,10-,11+/m1/s1. The molecule has 1 aliphatic heterocycles. The lowest BCUT2D eigenvalue weighted by molar-refractivity contribution is -0.137. The zero-order chi connectivity index (χ0) is 12.0. The summed E-state index contributed by atoms with van der Waals surface area (Å²) in [5, 5.41) is 3.42. The van der Waals surface area contributed by atoms with E-state index in [1.54, 1.807) is 0 Å². The Balaban J connectivity index is 1.75. The number of halogens is 3. The van der Waals surface area contributed by atoms with Crippen LogP contribution in [-0.2, 0) is 6.18 Å². The van der Waals surface area contributed by atoms with Crippen LogP contribution >= 0.6 is 0 Å². The number of pyridine rings is 1. The molecule has 0 radical (unpaired) electrons. The lowest BCUT2D eigenvalue weighted by Crippen LogP contribution is -2.29. The highest BCUT2D eigenvalue weighted by atomic mass is 19.4. The number of rotatable bonds is 1. The molecule has 0 bridgehead atoms. The molecule has 17 heavy (non-hydrogen) atoms. The summed E-state index contributed by atoms with van der Waals surface area (Å²) in [5.74, 6) is 0.792. The van der Waals surface area contributed by atoms with Crippen LogP contribution in [0.25, 0.3) is 0 Å². The maximum atomic E-state index is 12.4. The average molecular weight is 242 g/mol. The number of hydrogen-bond donors (Lipinski definition) is 1. The van der Waals surface area contributed by atoms with Crippen molar-refractivity contribution in [2.75, 3.05) is 0 Å². The van der Waals surface area contributed by atoms with Crippen molar-refractivity contribution >= 4 is 0 Å². The number of piperidine rings is 1. The molecule has 2 nitrogen and oxygen atoms in total. The molecule has 1 saturated heterocycles. The van der Waals surface area contributed by atoms with Crippen molar-refractivity contribution in [1.29, 1.82) is 0 Å². The van der Waals surface area contributed by atoms with Gasteiger partial charge < -0.3 is 5.32 Å². The fraction of sp³-hybridized carbons (Fsp3) is 0.583. The summed E-state index contributed by atoms with van der Waals surface area (Å²) < 4.78 is 37.1. The molecule has 2 fully saturated rings. The first-order valence-electron chi connectivity index (χ1n) is 5.83. The molecule has 0 amide bonds. The van der Waals surface area contributed by atoms with E-state index >= 15 is 0 Å². The van der Waals surface area contributed by atoms with E-state index in [0.717, 1.165) is 36.7 Å². The highest BCUT2D eigenvalue weighted by Crippen LogP contribution is 2.42. The maximum absolute atomic E-state index is 12.4. The molecule has 1 N–H and O–H groups in total. The Morgan fingerprint density at radius 3 is 2.65 bits per heavy atom. The molecule has 5 heteroatoms. The smallest absolute Gasteiger partial charge is 0.306 e. The molecular formula is C12H13F3N2. The monoisotopic (exact) mass is 242 g/mol. The summed E-state index contributed by atoms with van der Waals surface area (Å²) >= 11 is 0. The van der Waals surface area contributed by atoms with Crippen LogP contribution in [0.3, 0.4) is 0 Å². The normalized spacial score (nSPS) is 32.1. The van der Waals surface area contributed by atoms with E-state index in [1.165, 1.54) is 12.5 Å². The van der Waals surface area contributed by atoms with Gasteiger partial charge in [0.05, 0.1) is 11.3 Å². The third-order valence-electron chi connectivity index (χ3n) is 3.63. The number of alkyl halides is 3. The maximum Gasteiger partial charge on any atom is 0.417 e.